The minimum atomic E-state index is -4.66. The standard InChI is InChI=1S/C23H26F3N7O4/c1-31-11-14(23(24,25)26)8-15(21(31)35)29-22(36)33-6-7-37-17-12-32(5-4-16(17)33)19-10-27-18(9-28-19)30-20(34)13-2-3-13/h8-11,13,16-17H,2-7,12H2,1H3,(H,29,36)(H,27,30,34)/t16-,17-/m1/s1. The number of pyridine rings is 1. The third kappa shape index (κ3) is 5.38. The highest BCUT2D eigenvalue weighted by atomic mass is 19.4. The zero-order valence-corrected chi connectivity index (χ0v) is 20.0. The first-order valence-corrected chi connectivity index (χ1v) is 11.9. The van der Waals surface area contributed by atoms with Crippen molar-refractivity contribution >= 4 is 29.3 Å². The van der Waals surface area contributed by atoms with Gasteiger partial charge in [0.15, 0.2) is 5.82 Å². The Labute approximate surface area is 209 Å². The second-order valence-corrected chi connectivity index (χ2v) is 9.41. The third-order valence-corrected chi connectivity index (χ3v) is 6.76. The molecule has 0 spiro atoms. The third-order valence-electron chi connectivity index (χ3n) is 6.76. The number of piperidine rings is 1. The molecule has 0 radical (unpaired) electrons. The fraction of sp³-hybridized carbons (Fsp3) is 0.522. The van der Waals surface area contributed by atoms with E-state index in [4.69, 9.17) is 4.74 Å². The molecule has 2 aliphatic heterocycles. The van der Waals surface area contributed by atoms with Crippen LogP contribution < -0.4 is 21.1 Å². The lowest BCUT2D eigenvalue weighted by Crippen LogP contribution is -2.61. The number of carbonyl (C=O) groups is 2. The molecular formula is C23H26F3N7O4. The maximum atomic E-state index is 13.2. The van der Waals surface area contributed by atoms with E-state index >= 15 is 0 Å². The number of fused-ring (bicyclic) bond motifs is 1. The van der Waals surface area contributed by atoms with Crippen LogP contribution in [0.2, 0.25) is 0 Å². The number of urea groups is 1. The smallest absolute Gasteiger partial charge is 0.372 e. The van der Waals surface area contributed by atoms with Crippen LogP contribution in [0.25, 0.3) is 0 Å². The predicted molar refractivity (Wildman–Crippen MR) is 126 cm³/mol. The number of hydrogen-bond donors (Lipinski definition) is 2. The lowest BCUT2D eigenvalue weighted by atomic mass is 9.98. The number of anilines is 3. The number of halogens is 3. The number of hydrogen-bond acceptors (Lipinski definition) is 7. The topological polar surface area (TPSA) is 122 Å². The van der Waals surface area contributed by atoms with Crippen LogP contribution in [0.1, 0.15) is 24.8 Å². The minimum absolute atomic E-state index is 0.0557. The summed E-state index contributed by atoms with van der Waals surface area (Å²) in [5.41, 5.74) is -2.21. The number of amides is 3. The zero-order valence-electron chi connectivity index (χ0n) is 20.0. The molecule has 2 aromatic heterocycles. The lowest BCUT2D eigenvalue weighted by Gasteiger charge is -2.46. The first-order valence-electron chi connectivity index (χ1n) is 11.9. The molecule has 2 N–H and O–H groups in total. The van der Waals surface area contributed by atoms with Crippen LogP contribution >= 0.6 is 0 Å². The molecule has 1 saturated carbocycles. The average Bonchev–Trinajstić information content (AvgIpc) is 3.71. The van der Waals surface area contributed by atoms with E-state index in [0.717, 1.165) is 17.4 Å². The zero-order chi connectivity index (χ0) is 26.3. The van der Waals surface area contributed by atoms with Gasteiger partial charge in [-0.25, -0.2) is 14.8 Å². The normalized spacial score (nSPS) is 21.8. The van der Waals surface area contributed by atoms with Crippen molar-refractivity contribution in [3.05, 3.63) is 40.6 Å². The van der Waals surface area contributed by atoms with Gasteiger partial charge in [0.25, 0.3) is 5.56 Å². The van der Waals surface area contributed by atoms with Crippen molar-refractivity contribution in [3.63, 3.8) is 0 Å². The number of aromatic nitrogens is 3. The van der Waals surface area contributed by atoms with E-state index in [1.165, 1.54) is 18.1 Å². The summed E-state index contributed by atoms with van der Waals surface area (Å²) >= 11 is 0. The summed E-state index contributed by atoms with van der Waals surface area (Å²) in [4.78, 5) is 49.4. The number of morpholine rings is 1. The highest BCUT2D eigenvalue weighted by Gasteiger charge is 2.40. The molecule has 2 saturated heterocycles. The van der Waals surface area contributed by atoms with E-state index in [-0.39, 0.29) is 37.1 Å². The van der Waals surface area contributed by atoms with E-state index in [9.17, 15) is 27.6 Å². The van der Waals surface area contributed by atoms with Crippen LogP contribution in [0.5, 0.6) is 0 Å². The Morgan fingerprint density at radius 2 is 1.89 bits per heavy atom. The van der Waals surface area contributed by atoms with Crippen LogP contribution in [0, 0.1) is 5.92 Å². The molecule has 2 atom stereocenters. The Morgan fingerprint density at radius 3 is 2.57 bits per heavy atom. The van der Waals surface area contributed by atoms with Gasteiger partial charge in [-0.1, -0.05) is 0 Å². The van der Waals surface area contributed by atoms with Gasteiger partial charge < -0.3 is 29.7 Å². The van der Waals surface area contributed by atoms with Crippen LogP contribution in [0.15, 0.2) is 29.5 Å². The van der Waals surface area contributed by atoms with Crippen molar-refractivity contribution in [2.24, 2.45) is 13.0 Å². The summed E-state index contributed by atoms with van der Waals surface area (Å²) in [6.45, 7) is 1.42. The van der Waals surface area contributed by atoms with E-state index in [2.05, 4.69) is 20.6 Å². The van der Waals surface area contributed by atoms with Gasteiger partial charge in [-0.3, -0.25) is 9.59 Å². The summed E-state index contributed by atoms with van der Waals surface area (Å²) in [6.07, 6.45) is 1.02. The van der Waals surface area contributed by atoms with E-state index in [0.29, 0.717) is 43.4 Å². The molecule has 14 heteroatoms. The van der Waals surface area contributed by atoms with Crippen LogP contribution in [-0.2, 0) is 22.8 Å². The largest absolute Gasteiger partial charge is 0.417 e. The summed E-state index contributed by atoms with van der Waals surface area (Å²) in [6, 6.07) is -0.334. The molecule has 0 unspecified atom stereocenters. The predicted octanol–water partition coefficient (Wildman–Crippen LogP) is 2.05. The number of ether oxygens (including phenoxy) is 1. The average molecular weight is 522 g/mol. The SMILES string of the molecule is Cn1cc(C(F)(F)F)cc(NC(=O)N2CCO[C@@H]3CN(c4cnc(NC(=O)C5CC5)cn4)CC[C@H]32)c1=O. The van der Waals surface area contributed by atoms with Gasteiger partial charge in [-0.2, -0.15) is 13.2 Å². The molecule has 2 aromatic rings. The molecule has 198 valence electrons. The molecule has 3 aliphatic rings. The van der Waals surface area contributed by atoms with Crippen LogP contribution in [0.4, 0.5) is 35.3 Å². The van der Waals surface area contributed by atoms with Gasteiger partial charge in [0.2, 0.25) is 5.91 Å². The van der Waals surface area contributed by atoms with Gasteiger partial charge in [0.05, 0.1) is 36.7 Å². The Hall–Kier alpha value is -3.68. The number of nitrogens with zero attached hydrogens (tertiary/aromatic N) is 5. The number of alkyl halides is 3. The van der Waals surface area contributed by atoms with Gasteiger partial charge in [0, 0.05) is 38.8 Å². The van der Waals surface area contributed by atoms with Crippen molar-refractivity contribution in [1.29, 1.82) is 0 Å². The number of carbonyl (C=O) groups excluding carboxylic acids is 2. The first-order chi connectivity index (χ1) is 17.6. The first kappa shape index (κ1) is 25.0. The Morgan fingerprint density at radius 1 is 1.11 bits per heavy atom. The van der Waals surface area contributed by atoms with E-state index < -0.39 is 29.0 Å². The van der Waals surface area contributed by atoms with Gasteiger partial charge in [0.1, 0.15) is 11.5 Å². The monoisotopic (exact) mass is 521 g/mol. The molecule has 1 aliphatic carbocycles. The summed E-state index contributed by atoms with van der Waals surface area (Å²) < 4.78 is 46.3. The Kier molecular flexibility index (Phi) is 6.52. The molecular weight excluding hydrogens is 495 g/mol. The second-order valence-electron chi connectivity index (χ2n) is 9.41. The molecule has 3 fully saturated rings. The second kappa shape index (κ2) is 9.65. The number of aryl methyl sites for hydroxylation is 1. The van der Waals surface area contributed by atoms with Crippen molar-refractivity contribution in [1.82, 2.24) is 19.4 Å². The Bertz CT molecular complexity index is 1250. The van der Waals surface area contributed by atoms with Crippen molar-refractivity contribution in [3.8, 4) is 0 Å². The van der Waals surface area contributed by atoms with Crippen LogP contribution in [0.3, 0.4) is 0 Å². The number of rotatable bonds is 4. The molecule has 11 nitrogen and oxygen atoms in total. The summed E-state index contributed by atoms with van der Waals surface area (Å²) in [5.74, 6) is 0.981. The molecule has 5 rings (SSSR count). The van der Waals surface area contributed by atoms with Gasteiger partial charge >= 0.3 is 12.2 Å². The summed E-state index contributed by atoms with van der Waals surface area (Å²) in [7, 11) is 1.20. The maximum absolute atomic E-state index is 13.2. The molecule has 0 bridgehead atoms. The Balaban J connectivity index is 1.24. The fourth-order valence-electron chi connectivity index (χ4n) is 4.62. The van der Waals surface area contributed by atoms with Gasteiger partial charge in [-0.05, 0) is 25.3 Å². The van der Waals surface area contributed by atoms with Crippen molar-refractivity contribution in [2.75, 3.05) is 41.8 Å². The molecule has 4 heterocycles. The summed E-state index contributed by atoms with van der Waals surface area (Å²) in [5, 5.41) is 5.11. The van der Waals surface area contributed by atoms with Crippen LogP contribution in [-0.4, -0.2) is 69.8 Å². The molecule has 37 heavy (non-hydrogen) atoms. The molecule has 0 aromatic carbocycles. The fourth-order valence-corrected chi connectivity index (χ4v) is 4.62. The molecule has 3 amide bonds. The maximum Gasteiger partial charge on any atom is 0.417 e. The van der Waals surface area contributed by atoms with E-state index in [1.807, 2.05) is 4.90 Å². The highest BCUT2D eigenvalue weighted by molar-refractivity contribution is 5.93. The number of nitrogens with one attached hydrogen (secondary N) is 2. The van der Waals surface area contributed by atoms with Crippen molar-refractivity contribution < 1.29 is 27.5 Å². The highest BCUT2D eigenvalue weighted by Crippen LogP contribution is 2.31. The van der Waals surface area contributed by atoms with E-state index in [1.54, 1.807) is 6.20 Å². The van der Waals surface area contributed by atoms with Gasteiger partial charge in [-0.15, -0.1) is 0 Å². The quantitative estimate of drug-likeness (QED) is 0.632. The van der Waals surface area contributed by atoms with Crippen molar-refractivity contribution in [2.45, 2.75) is 37.6 Å². The minimum Gasteiger partial charge on any atom is -0.372 e. The lowest BCUT2D eigenvalue weighted by molar-refractivity contribution is -0.138.